The standard InChI is InChI=1S/C11H17ClN4OS/c1-3-18-6-7(2)14-11(17)8-4-9(12)15-10(5-8)16-13/h4-5,7H,3,6,13H2,1-2H3,(H,14,17)(H,15,16). The highest BCUT2D eigenvalue weighted by Crippen LogP contribution is 2.14. The summed E-state index contributed by atoms with van der Waals surface area (Å²) in [4.78, 5) is 15.9. The van der Waals surface area contributed by atoms with Gasteiger partial charge in [0.1, 0.15) is 11.0 Å². The molecule has 100 valence electrons. The molecule has 18 heavy (non-hydrogen) atoms. The molecule has 1 aromatic heterocycles. The first-order valence-electron chi connectivity index (χ1n) is 5.59. The van der Waals surface area contributed by atoms with Crippen LogP contribution in [-0.2, 0) is 0 Å². The van der Waals surface area contributed by atoms with E-state index in [-0.39, 0.29) is 17.1 Å². The number of carbonyl (C=O) groups excluding carboxylic acids is 1. The normalized spacial score (nSPS) is 12.0. The zero-order valence-corrected chi connectivity index (χ0v) is 11.9. The van der Waals surface area contributed by atoms with E-state index in [4.69, 9.17) is 17.4 Å². The summed E-state index contributed by atoms with van der Waals surface area (Å²) < 4.78 is 0. The molecule has 0 spiro atoms. The van der Waals surface area contributed by atoms with Crippen LogP contribution in [0.25, 0.3) is 0 Å². The second-order valence-corrected chi connectivity index (χ2v) is 5.45. The number of rotatable bonds is 6. The number of hydrogen-bond donors (Lipinski definition) is 3. The lowest BCUT2D eigenvalue weighted by Gasteiger charge is -2.13. The van der Waals surface area contributed by atoms with Crippen LogP contribution in [0.15, 0.2) is 12.1 Å². The summed E-state index contributed by atoms with van der Waals surface area (Å²) in [6, 6.07) is 3.17. The molecule has 1 rings (SSSR count). The second-order valence-electron chi connectivity index (χ2n) is 3.74. The van der Waals surface area contributed by atoms with Crippen molar-refractivity contribution in [2.24, 2.45) is 5.84 Å². The number of pyridine rings is 1. The molecule has 1 atom stereocenters. The number of anilines is 1. The van der Waals surface area contributed by atoms with E-state index in [2.05, 4.69) is 22.7 Å². The third kappa shape index (κ3) is 4.72. The summed E-state index contributed by atoms with van der Waals surface area (Å²) in [6.07, 6.45) is 0. The van der Waals surface area contributed by atoms with Crippen molar-refractivity contribution >= 4 is 35.1 Å². The molecule has 0 fully saturated rings. The van der Waals surface area contributed by atoms with Crippen LogP contribution in [0.3, 0.4) is 0 Å². The minimum atomic E-state index is -0.181. The topological polar surface area (TPSA) is 80.0 Å². The number of hydrazine groups is 1. The number of nitrogen functional groups attached to an aromatic ring is 1. The van der Waals surface area contributed by atoms with E-state index in [0.717, 1.165) is 11.5 Å². The van der Waals surface area contributed by atoms with Crippen molar-refractivity contribution in [1.82, 2.24) is 10.3 Å². The molecular formula is C11H17ClN4OS. The van der Waals surface area contributed by atoms with Gasteiger partial charge in [0.25, 0.3) is 5.91 Å². The number of hydrogen-bond acceptors (Lipinski definition) is 5. The lowest BCUT2D eigenvalue weighted by Crippen LogP contribution is -2.34. The Morgan fingerprint density at radius 2 is 2.33 bits per heavy atom. The highest BCUT2D eigenvalue weighted by Gasteiger charge is 2.11. The number of thioether (sulfide) groups is 1. The average molecular weight is 289 g/mol. The van der Waals surface area contributed by atoms with Gasteiger partial charge in [-0.05, 0) is 24.8 Å². The molecule has 1 unspecified atom stereocenters. The SMILES string of the molecule is CCSCC(C)NC(=O)c1cc(Cl)nc(NN)c1. The van der Waals surface area contributed by atoms with Gasteiger partial charge in [0.2, 0.25) is 0 Å². The van der Waals surface area contributed by atoms with Gasteiger partial charge < -0.3 is 10.7 Å². The Balaban J connectivity index is 2.68. The first kappa shape index (κ1) is 15.1. The number of nitrogens with zero attached hydrogens (tertiary/aromatic N) is 1. The third-order valence-corrected chi connectivity index (χ3v) is 3.49. The largest absolute Gasteiger partial charge is 0.349 e. The Morgan fingerprint density at radius 1 is 1.61 bits per heavy atom. The van der Waals surface area contributed by atoms with Gasteiger partial charge in [-0.15, -0.1) is 0 Å². The quantitative estimate of drug-likeness (QED) is 0.423. The zero-order valence-electron chi connectivity index (χ0n) is 10.4. The minimum absolute atomic E-state index is 0.101. The smallest absolute Gasteiger partial charge is 0.251 e. The van der Waals surface area contributed by atoms with Crippen LogP contribution >= 0.6 is 23.4 Å². The zero-order chi connectivity index (χ0) is 13.5. The number of amides is 1. The van der Waals surface area contributed by atoms with E-state index in [1.807, 2.05) is 6.92 Å². The van der Waals surface area contributed by atoms with Crippen molar-refractivity contribution in [1.29, 1.82) is 0 Å². The van der Waals surface area contributed by atoms with Gasteiger partial charge in [-0.25, -0.2) is 10.8 Å². The van der Waals surface area contributed by atoms with Crippen LogP contribution in [0.5, 0.6) is 0 Å². The lowest BCUT2D eigenvalue weighted by atomic mass is 10.2. The fourth-order valence-corrected chi connectivity index (χ4v) is 2.23. The number of nitrogens with one attached hydrogen (secondary N) is 2. The molecule has 0 radical (unpaired) electrons. The summed E-state index contributed by atoms with van der Waals surface area (Å²) in [5, 5.41) is 3.12. The van der Waals surface area contributed by atoms with Gasteiger partial charge in [0.05, 0.1) is 0 Å². The van der Waals surface area contributed by atoms with E-state index in [1.54, 1.807) is 17.8 Å². The Labute approximate surface area is 116 Å². The van der Waals surface area contributed by atoms with Crippen LogP contribution in [-0.4, -0.2) is 28.4 Å². The van der Waals surface area contributed by atoms with Gasteiger partial charge in [-0.3, -0.25) is 4.79 Å². The summed E-state index contributed by atoms with van der Waals surface area (Å²) >= 11 is 7.58. The molecule has 4 N–H and O–H groups in total. The summed E-state index contributed by atoms with van der Waals surface area (Å²) in [7, 11) is 0. The Morgan fingerprint density at radius 3 is 2.94 bits per heavy atom. The maximum absolute atomic E-state index is 12.0. The number of nitrogens with two attached hydrogens (primary N) is 1. The van der Waals surface area contributed by atoms with Crippen molar-refractivity contribution in [3.63, 3.8) is 0 Å². The number of carbonyl (C=O) groups is 1. The number of aromatic nitrogens is 1. The Kier molecular flexibility index (Phi) is 6.24. The van der Waals surface area contributed by atoms with E-state index in [0.29, 0.717) is 11.4 Å². The molecule has 0 saturated heterocycles. The molecular weight excluding hydrogens is 272 g/mol. The van der Waals surface area contributed by atoms with Crippen LogP contribution in [0.4, 0.5) is 5.82 Å². The maximum atomic E-state index is 12.0. The van der Waals surface area contributed by atoms with Crippen molar-refractivity contribution in [2.45, 2.75) is 19.9 Å². The third-order valence-electron chi connectivity index (χ3n) is 2.15. The van der Waals surface area contributed by atoms with Crippen LogP contribution in [0.2, 0.25) is 5.15 Å². The van der Waals surface area contributed by atoms with Crippen molar-refractivity contribution in [3.8, 4) is 0 Å². The maximum Gasteiger partial charge on any atom is 0.251 e. The first-order valence-corrected chi connectivity index (χ1v) is 7.13. The minimum Gasteiger partial charge on any atom is -0.349 e. The van der Waals surface area contributed by atoms with E-state index in [9.17, 15) is 4.79 Å². The van der Waals surface area contributed by atoms with Crippen molar-refractivity contribution in [2.75, 3.05) is 16.9 Å². The van der Waals surface area contributed by atoms with E-state index >= 15 is 0 Å². The molecule has 7 heteroatoms. The van der Waals surface area contributed by atoms with Crippen LogP contribution in [0, 0.1) is 0 Å². The highest BCUT2D eigenvalue weighted by atomic mass is 35.5. The number of halogens is 1. The van der Waals surface area contributed by atoms with Crippen molar-refractivity contribution in [3.05, 3.63) is 22.8 Å². The summed E-state index contributed by atoms with van der Waals surface area (Å²) in [6.45, 7) is 4.05. The van der Waals surface area contributed by atoms with Gasteiger partial charge in [0, 0.05) is 17.4 Å². The molecule has 0 bridgehead atoms. The predicted molar refractivity (Wildman–Crippen MR) is 77.0 cm³/mol. The molecule has 1 aromatic rings. The monoisotopic (exact) mass is 288 g/mol. The second kappa shape index (κ2) is 7.45. The van der Waals surface area contributed by atoms with Crippen molar-refractivity contribution < 1.29 is 4.79 Å². The average Bonchev–Trinajstić information content (AvgIpc) is 2.35. The Bertz CT molecular complexity index is 416. The van der Waals surface area contributed by atoms with Gasteiger partial charge in [-0.2, -0.15) is 11.8 Å². The molecule has 0 saturated carbocycles. The van der Waals surface area contributed by atoms with Crippen LogP contribution in [0.1, 0.15) is 24.2 Å². The van der Waals surface area contributed by atoms with Gasteiger partial charge >= 0.3 is 0 Å². The first-order chi connectivity index (χ1) is 8.56. The fourth-order valence-electron chi connectivity index (χ4n) is 1.35. The molecule has 0 aliphatic carbocycles. The lowest BCUT2D eigenvalue weighted by molar-refractivity contribution is 0.0943. The molecule has 0 aliphatic rings. The molecule has 1 amide bonds. The van der Waals surface area contributed by atoms with E-state index in [1.165, 1.54) is 6.07 Å². The molecule has 1 heterocycles. The van der Waals surface area contributed by atoms with E-state index < -0.39 is 0 Å². The summed E-state index contributed by atoms with van der Waals surface area (Å²) in [5.74, 6) is 7.34. The fraction of sp³-hybridized carbons (Fsp3) is 0.455. The van der Waals surface area contributed by atoms with Crippen LogP contribution < -0.4 is 16.6 Å². The summed E-state index contributed by atoms with van der Waals surface area (Å²) in [5.41, 5.74) is 2.81. The highest BCUT2D eigenvalue weighted by molar-refractivity contribution is 7.99. The molecule has 0 aliphatic heterocycles. The van der Waals surface area contributed by atoms with Gasteiger partial charge in [-0.1, -0.05) is 18.5 Å². The molecule has 5 nitrogen and oxygen atoms in total. The van der Waals surface area contributed by atoms with Gasteiger partial charge in [0.15, 0.2) is 0 Å². The Hall–Kier alpha value is -0.980. The predicted octanol–water partition coefficient (Wildman–Crippen LogP) is 1.89. The molecule has 0 aromatic carbocycles.